The minimum absolute atomic E-state index is 0.592. The second-order valence-corrected chi connectivity index (χ2v) is 5.87. The zero-order valence-electron chi connectivity index (χ0n) is 8.11. The van der Waals surface area contributed by atoms with Gasteiger partial charge in [-0.2, -0.15) is 4.37 Å². The maximum absolute atomic E-state index is 5.58. The van der Waals surface area contributed by atoms with E-state index in [4.69, 9.17) is 5.73 Å². The Morgan fingerprint density at radius 2 is 2.33 bits per heavy atom. The van der Waals surface area contributed by atoms with Crippen LogP contribution in [-0.4, -0.2) is 11.4 Å². The van der Waals surface area contributed by atoms with Gasteiger partial charge in [0.15, 0.2) is 0 Å². The number of aromatic nitrogens is 1. The number of halogens is 1. The second-order valence-electron chi connectivity index (χ2n) is 3.18. The SMILES string of the molecule is CN(Cc1cc(Br)cs1)c1cc(N)ns1. The van der Waals surface area contributed by atoms with Crippen molar-refractivity contribution in [2.45, 2.75) is 6.54 Å². The lowest BCUT2D eigenvalue weighted by molar-refractivity contribution is 0.953. The minimum atomic E-state index is 0.592. The maximum atomic E-state index is 5.58. The number of rotatable bonds is 3. The van der Waals surface area contributed by atoms with Crippen molar-refractivity contribution < 1.29 is 0 Å². The summed E-state index contributed by atoms with van der Waals surface area (Å²) >= 11 is 6.62. The summed E-state index contributed by atoms with van der Waals surface area (Å²) in [6.07, 6.45) is 0. The third kappa shape index (κ3) is 2.70. The molecule has 0 amide bonds. The molecule has 2 heterocycles. The third-order valence-corrected chi connectivity index (χ3v) is 4.51. The molecular formula is C9H10BrN3S2. The summed E-state index contributed by atoms with van der Waals surface area (Å²) in [7, 11) is 2.04. The Balaban J connectivity index is 2.06. The van der Waals surface area contributed by atoms with Crippen LogP contribution in [0.4, 0.5) is 10.8 Å². The van der Waals surface area contributed by atoms with Gasteiger partial charge in [-0.3, -0.25) is 0 Å². The van der Waals surface area contributed by atoms with E-state index in [2.05, 4.69) is 36.6 Å². The molecule has 6 heteroatoms. The fourth-order valence-electron chi connectivity index (χ4n) is 1.21. The van der Waals surface area contributed by atoms with E-state index in [1.165, 1.54) is 16.4 Å². The smallest absolute Gasteiger partial charge is 0.139 e. The van der Waals surface area contributed by atoms with Crippen LogP contribution in [0.3, 0.4) is 0 Å². The van der Waals surface area contributed by atoms with Crippen LogP contribution in [0.1, 0.15) is 4.88 Å². The van der Waals surface area contributed by atoms with Crippen LogP contribution >= 0.6 is 38.8 Å². The number of thiophene rings is 1. The molecule has 0 atom stereocenters. The van der Waals surface area contributed by atoms with E-state index in [-0.39, 0.29) is 0 Å². The zero-order valence-corrected chi connectivity index (χ0v) is 11.3. The van der Waals surface area contributed by atoms with Crippen LogP contribution < -0.4 is 10.6 Å². The highest BCUT2D eigenvalue weighted by molar-refractivity contribution is 9.10. The van der Waals surface area contributed by atoms with Gasteiger partial charge in [-0.05, 0) is 33.5 Å². The summed E-state index contributed by atoms with van der Waals surface area (Å²) in [4.78, 5) is 3.46. The highest BCUT2D eigenvalue weighted by atomic mass is 79.9. The van der Waals surface area contributed by atoms with Gasteiger partial charge >= 0.3 is 0 Å². The number of nitrogens with zero attached hydrogens (tertiary/aromatic N) is 2. The van der Waals surface area contributed by atoms with Gasteiger partial charge in [0, 0.05) is 27.8 Å². The van der Waals surface area contributed by atoms with E-state index in [1.807, 2.05) is 13.1 Å². The predicted molar refractivity (Wildman–Crippen MR) is 70.7 cm³/mol. The van der Waals surface area contributed by atoms with Crippen LogP contribution in [0.2, 0.25) is 0 Å². The summed E-state index contributed by atoms with van der Waals surface area (Å²) in [5.74, 6) is 0.592. The van der Waals surface area contributed by atoms with Crippen molar-refractivity contribution in [1.29, 1.82) is 0 Å². The van der Waals surface area contributed by atoms with E-state index in [9.17, 15) is 0 Å². The van der Waals surface area contributed by atoms with Crippen molar-refractivity contribution in [1.82, 2.24) is 4.37 Å². The lowest BCUT2D eigenvalue weighted by atomic mass is 10.4. The Kier molecular flexibility index (Phi) is 3.28. The molecular weight excluding hydrogens is 294 g/mol. The first-order chi connectivity index (χ1) is 7.15. The van der Waals surface area contributed by atoms with Crippen molar-refractivity contribution >= 4 is 49.6 Å². The fraction of sp³-hybridized carbons (Fsp3) is 0.222. The number of hydrogen-bond donors (Lipinski definition) is 1. The molecule has 2 aromatic heterocycles. The number of nitrogens with two attached hydrogens (primary N) is 1. The first kappa shape index (κ1) is 10.9. The van der Waals surface area contributed by atoms with E-state index in [1.54, 1.807) is 11.3 Å². The molecule has 15 heavy (non-hydrogen) atoms. The van der Waals surface area contributed by atoms with Gasteiger partial charge in [0.05, 0.1) is 6.54 Å². The summed E-state index contributed by atoms with van der Waals surface area (Å²) in [6.45, 7) is 0.887. The Bertz CT molecular complexity index is 452. The van der Waals surface area contributed by atoms with Crippen molar-refractivity contribution in [2.24, 2.45) is 0 Å². The molecule has 0 aliphatic carbocycles. The van der Waals surface area contributed by atoms with Crippen LogP contribution in [0.25, 0.3) is 0 Å². The molecule has 0 fully saturated rings. The van der Waals surface area contributed by atoms with Crippen molar-refractivity contribution in [3.63, 3.8) is 0 Å². The molecule has 0 saturated heterocycles. The topological polar surface area (TPSA) is 42.1 Å². The molecule has 2 aromatic rings. The standard InChI is InChI=1S/C9H10BrN3S2/c1-13(9-3-8(11)12-15-9)4-7-2-6(10)5-14-7/h2-3,5H,4H2,1H3,(H2,11,12). The third-order valence-electron chi connectivity index (χ3n) is 1.91. The van der Waals surface area contributed by atoms with E-state index < -0.39 is 0 Å². The Labute approximate surface area is 105 Å². The zero-order chi connectivity index (χ0) is 10.8. The summed E-state index contributed by atoms with van der Waals surface area (Å²) in [6, 6.07) is 4.03. The highest BCUT2D eigenvalue weighted by Crippen LogP contribution is 2.26. The molecule has 2 rings (SSSR count). The second kappa shape index (κ2) is 4.51. The summed E-state index contributed by atoms with van der Waals surface area (Å²) < 4.78 is 5.20. The largest absolute Gasteiger partial charge is 0.383 e. The molecule has 80 valence electrons. The van der Waals surface area contributed by atoms with Gasteiger partial charge in [-0.1, -0.05) is 0 Å². The van der Waals surface area contributed by atoms with Crippen LogP contribution in [0.15, 0.2) is 22.0 Å². The molecule has 0 bridgehead atoms. The first-order valence-corrected chi connectivity index (χ1v) is 6.76. The average Bonchev–Trinajstić information content (AvgIpc) is 2.75. The Morgan fingerprint density at radius 1 is 1.53 bits per heavy atom. The van der Waals surface area contributed by atoms with Gasteiger partial charge in [-0.15, -0.1) is 11.3 Å². The van der Waals surface area contributed by atoms with Crippen molar-refractivity contribution in [3.8, 4) is 0 Å². The monoisotopic (exact) mass is 303 g/mol. The molecule has 0 aromatic carbocycles. The van der Waals surface area contributed by atoms with Crippen LogP contribution in [0, 0.1) is 0 Å². The van der Waals surface area contributed by atoms with E-state index in [0.29, 0.717) is 5.82 Å². The molecule has 0 spiro atoms. The molecule has 0 aliphatic rings. The van der Waals surface area contributed by atoms with Gasteiger partial charge in [0.1, 0.15) is 10.8 Å². The summed E-state index contributed by atoms with van der Waals surface area (Å²) in [5.41, 5.74) is 5.58. The predicted octanol–water partition coefficient (Wildman–Crippen LogP) is 3.19. The van der Waals surface area contributed by atoms with Crippen LogP contribution in [0.5, 0.6) is 0 Å². The van der Waals surface area contributed by atoms with Crippen molar-refractivity contribution in [2.75, 3.05) is 17.7 Å². The van der Waals surface area contributed by atoms with Gasteiger partial charge in [0.2, 0.25) is 0 Å². The maximum Gasteiger partial charge on any atom is 0.139 e. The Morgan fingerprint density at radius 3 is 2.87 bits per heavy atom. The van der Waals surface area contributed by atoms with Crippen molar-refractivity contribution in [3.05, 3.63) is 26.9 Å². The average molecular weight is 304 g/mol. The first-order valence-electron chi connectivity index (χ1n) is 4.31. The number of anilines is 2. The lowest BCUT2D eigenvalue weighted by Crippen LogP contribution is -2.13. The Hall–Kier alpha value is -0.590. The van der Waals surface area contributed by atoms with E-state index >= 15 is 0 Å². The quantitative estimate of drug-likeness (QED) is 0.947. The van der Waals surface area contributed by atoms with Gasteiger partial charge < -0.3 is 10.6 Å². The molecule has 0 saturated carbocycles. The minimum Gasteiger partial charge on any atom is -0.383 e. The molecule has 0 aliphatic heterocycles. The fourth-order valence-corrected chi connectivity index (χ4v) is 3.34. The van der Waals surface area contributed by atoms with Gasteiger partial charge in [-0.25, -0.2) is 0 Å². The highest BCUT2D eigenvalue weighted by Gasteiger charge is 2.07. The van der Waals surface area contributed by atoms with Crippen LogP contribution in [-0.2, 0) is 6.54 Å². The number of hydrogen-bond acceptors (Lipinski definition) is 5. The molecule has 2 N–H and O–H groups in total. The lowest BCUT2D eigenvalue weighted by Gasteiger charge is -2.14. The molecule has 0 radical (unpaired) electrons. The normalized spacial score (nSPS) is 10.5. The molecule has 3 nitrogen and oxygen atoms in total. The summed E-state index contributed by atoms with van der Waals surface area (Å²) in [5, 5.41) is 3.18. The molecule has 0 unspecified atom stereocenters. The number of nitrogen functional groups attached to an aromatic ring is 1. The van der Waals surface area contributed by atoms with E-state index in [0.717, 1.165) is 16.0 Å². The van der Waals surface area contributed by atoms with Gasteiger partial charge in [0.25, 0.3) is 0 Å².